The average Bonchev–Trinajstić information content (AvgIpc) is 3.00. The fourth-order valence-electron chi connectivity index (χ4n) is 3.94. The van der Waals surface area contributed by atoms with Gasteiger partial charge in [-0.05, 0) is 11.5 Å². The number of nitrogens with one attached hydrogen (secondary N) is 1. The Labute approximate surface area is 154 Å². The Morgan fingerprint density at radius 3 is 2.81 bits per heavy atom. The number of nitrogens with zero attached hydrogens (tertiary/aromatic N) is 3. The van der Waals surface area contributed by atoms with Gasteiger partial charge in [0.25, 0.3) is 0 Å². The minimum absolute atomic E-state index is 0.218. The molecule has 3 atom stereocenters. The van der Waals surface area contributed by atoms with E-state index >= 15 is 0 Å². The molecule has 2 aromatic rings. The summed E-state index contributed by atoms with van der Waals surface area (Å²) >= 11 is 1.30. The highest BCUT2D eigenvalue weighted by molar-refractivity contribution is 8.14. The summed E-state index contributed by atoms with van der Waals surface area (Å²) in [6.45, 7) is 4.19. The molecule has 2 fully saturated rings. The molecule has 1 aliphatic heterocycles. The quantitative estimate of drug-likeness (QED) is 0.788. The maximum Gasteiger partial charge on any atom is 0.231 e. The average molecular weight is 399 g/mol. The molecule has 0 aromatic carbocycles. The van der Waals surface area contributed by atoms with Crippen LogP contribution in [0, 0.1) is 17.2 Å². The van der Waals surface area contributed by atoms with Crippen LogP contribution in [0.5, 0.6) is 0 Å². The molecule has 1 saturated heterocycles. The molecule has 3 heterocycles. The molecule has 0 spiro atoms. The molecule has 3 N–H and O–H groups in total. The van der Waals surface area contributed by atoms with Crippen LogP contribution < -0.4 is 10.5 Å². The summed E-state index contributed by atoms with van der Waals surface area (Å²) in [5.74, 6) is 0.0323. The van der Waals surface area contributed by atoms with Gasteiger partial charge >= 0.3 is 0 Å². The predicted molar refractivity (Wildman–Crippen MR) is 93.8 cm³/mol. The lowest BCUT2D eigenvalue weighted by molar-refractivity contribution is 0.367. The number of hydrogen-bond donors (Lipinski definition) is 2. The second-order valence-corrected chi connectivity index (χ2v) is 10.6. The monoisotopic (exact) mass is 399 g/mol. The van der Waals surface area contributed by atoms with Gasteiger partial charge in [-0.3, -0.25) is 4.98 Å². The number of halogens is 1. The lowest BCUT2D eigenvalue weighted by Gasteiger charge is -2.26. The SMILES string of the molecule is CC1(C)C(c2nc(-c3cncc(F)c3)no2)C1C1(S(N)(=O)=O)CNCS1. The Morgan fingerprint density at radius 2 is 2.19 bits per heavy atom. The molecule has 4 rings (SSSR count). The van der Waals surface area contributed by atoms with Gasteiger partial charge in [0.05, 0.1) is 6.20 Å². The molecular weight excluding hydrogens is 381 g/mol. The number of primary sulfonamides is 1. The molecule has 140 valence electrons. The Kier molecular flexibility index (Phi) is 3.92. The van der Waals surface area contributed by atoms with E-state index in [1.165, 1.54) is 24.0 Å². The standard InChI is InChI=1S/C15H18FN5O3S2/c1-14(2)10(11(14)15(26(17,22)23)6-19-7-25-15)13-20-12(21-24-13)8-3-9(16)5-18-4-8/h3-5,10-11,19H,6-7H2,1-2H3,(H2,17,22,23). The van der Waals surface area contributed by atoms with Crippen molar-refractivity contribution in [1.29, 1.82) is 0 Å². The largest absolute Gasteiger partial charge is 0.339 e. The zero-order valence-corrected chi connectivity index (χ0v) is 15.8. The van der Waals surface area contributed by atoms with Crippen LogP contribution in [0.1, 0.15) is 25.7 Å². The van der Waals surface area contributed by atoms with E-state index in [1.807, 2.05) is 13.8 Å². The molecule has 8 nitrogen and oxygen atoms in total. The van der Waals surface area contributed by atoms with E-state index in [0.29, 0.717) is 17.3 Å². The summed E-state index contributed by atoms with van der Waals surface area (Å²) < 4.78 is 42.4. The van der Waals surface area contributed by atoms with E-state index in [4.69, 9.17) is 9.66 Å². The van der Waals surface area contributed by atoms with E-state index in [-0.39, 0.29) is 29.6 Å². The van der Waals surface area contributed by atoms with Gasteiger partial charge in [0, 0.05) is 36.0 Å². The van der Waals surface area contributed by atoms with Crippen molar-refractivity contribution in [2.24, 2.45) is 16.5 Å². The molecule has 1 aliphatic carbocycles. The molecule has 2 aromatic heterocycles. The van der Waals surface area contributed by atoms with Crippen LogP contribution in [-0.4, -0.2) is 40.0 Å². The van der Waals surface area contributed by atoms with Gasteiger partial charge in [-0.15, -0.1) is 11.8 Å². The summed E-state index contributed by atoms with van der Waals surface area (Å²) in [5, 5.41) is 12.6. The number of aromatic nitrogens is 3. The van der Waals surface area contributed by atoms with Crippen LogP contribution in [0.2, 0.25) is 0 Å². The van der Waals surface area contributed by atoms with Crippen molar-refractivity contribution >= 4 is 21.8 Å². The molecule has 26 heavy (non-hydrogen) atoms. The van der Waals surface area contributed by atoms with Crippen molar-refractivity contribution in [3.8, 4) is 11.4 Å². The second kappa shape index (κ2) is 5.72. The Morgan fingerprint density at radius 1 is 1.42 bits per heavy atom. The third kappa shape index (κ3) is 2.56. The highest BCUT2D eigenvalue weighted by Crippen LogP contribution is 2.71. The number of rotatable bonds is 4. The van der Waals surface area contributed by atoms with Gasteiger partial charge in [-0.1, -0.05) is 19.0 Å². The Bertz CT molecular complexity index is 956. The van der Waals surface area contributed by atoms with Crippen LogP contribution in [-0.2, 0) is 10.0 Å². The van der Waals surface area contributed by atoms with Crippen LogP contribution in [0.25, 0.3) is 11.4 Å². The van der Waals surface area contributed by atoms with Crippen molar-refractivity contribution in [1.82, 2.24) is 20.4 Å². The van der Waals surface area contributed by atoms with Crippen molar-refractivity contribution in [3.63, 3.8) is 0 Å². The maximum absolute atomic E-state index is 13.4. The first-order chi connectivity index (χ1) is 12.2. The van der Waals surface area contributed by atoms with E-state index in [9.17, 15) is 12.8 Å². The number of sulfonamides is 1. The third-order valence-electron chi connectivity index (χ3n) is 5.24. The van der Waals surface area contributed by atoms with Gasteiger partial charge in [0.15, 0.2) is 0 Å². The minimum Gasteiger partial charge on any atom is -0.339 e. The predicted octanol–water partition coefficient (Wildman–Crippen LogP) is 1.29. The van der Waals surface area contributed by atoms with E-state index in [0.717, 1.165) is 6.20 Å². The fourth-order valence-corrected chi connectivity index (χ4v) is 7.14. The van der Waals surface area contributed by atoms with Gasteiger partial charge in [0.2, 0.25) is 21.7 Å². The summed E-state index contributed by atoms with van der Waals surface area (Å²) in [6.07, 6.45) is 2.53. The summed E-state index contributed by atoms with van der Waals surface area (Å²) in [4.78, 5) is 8.14. The number of pyridine rings is 1. The van der Waals surface area contributed by atoms with Crippen molar-refractivity contribution in [3.05, 3.63) is 30.2 Å². The van der Waals surface area contributed by atoms with E-state index in [2.05, 4.69) is 20.4 Å². The smallest absolute Gasteiger partial charge is 0.231 e. The van der Waals surface area contributed by atoms with Crippen molar-refractivity contribution < 1.29 is 17.3 Å². The molecule has 11 heteroatoms. The Balaban J connectivity index is 1.69. The third-order valence-corrected chi connectivity index (χ3v) is 8.89. The van der Waals surface area contributed by atoms with Gasteiger partial charge in [0.1, 0.15) is 9.90 Å². The lowest BCUT2D eigenvalue weighted by atomic mass is 10.1. The van der Waals surface area contributed by atoms with E-state index < -0.39 is 19.9 Å². The molecule has 2 aliphatic rings. The maximum atomic E-state index is 13.4. The first kappa shape index (κ1) is 17.8. The number of hydrogen-bond acceptors (Lipinski definition) is 8. The first-order valence-electron chi connectivity index (χ1n) is 7.98. The van der Waals surface area contributed by atoms with Crippen molar-refractivity contribution in [2.45, 2.75) is 23.8 Å². The molecule has 0 amide bonds. The zero-order chi connectivity index (χ0) is 18.7. The van der Waals surface area contributed by atoms with Gasteiger partial charge in [-0.2, -0.15) is 4.98 Å². The van der Waals surface area contributed by atoms with Crippen LogP contribution >= 0.6 is 11.8 Å². The normalized spacial score (nSPS) is 30.5. The molecular formula is C15H18FN5O3S2. The van der Waals surface area contributed by atoms with Gasteiger partial charge < -0.3 is 9.84 Å². The first-order valence-corrected chi connectivity index (χ1v) is 10.5. The Hall–Kier alpha value is -1.56. The van der Waals surface area contributed by atoms with Crippen LogP contribution in [0.3, 0.4) is 0 Å². The number of nitrogens with two attached hydrogens (primary N) is 1. The number of thioether (sulfide) groups is 1. The van der Waals surface area contributed by atoms with Crippen LogP contribution in [0.15, 0.2) is 23.0 Å². The fraction of sp³-hybridized carbons (Fsp3) is 0.533. The molecule has 3 unspecified atom stereocenters. The van der Waals surface area contributed by atoms with Gasteiger partial charge in [-0.25, -0.2) is 17.9 Å². The second-order valence-electron chi connectivity index (χ2n) is 7.20. The highest BCUT2D eigenvalue weighted by Gasteiger charge is 2.73. The zero-order valence-electron chi connectivity index (χ0n) is 14.1. The van der Waals surface area contributed by atoms with Crippen LogP contribution in [0.4, 0.5) is 4.39 Å². The lowest BCUT2D eigenvalue weighted by Crippen LogP contribution is -2.46. The summed E-state index contributed by atoms with van der Waals surface area (Å²) in [6, 6.07) is 1.26. The summed E-state index contributed by atoms with van der Waals surface area (Å²) in [5.41, 5.74) is 0.0169. The summed E-state index contributed by atoms with van der Waals surface area (Å²) in [7, 11) is -3.81. The van der Waals surface area contributed by atoms with E-state index in [1.54, 1.807) is 0 Å². The molecule has 1 saturated carbocycles. The highest BCUT2D eigenvalue weighted by atomic mass is 32.3. The van der Waals surface area contributed by atoms with Crippen molar-refractivity contribution in [2.75, 3.05) is 12.4 Å². The molecule has 0 bridgehead atoms. The molecule has 0 radical (unpaired) electrons. The topological polar surface area (TPSA) is 124 Å². The minimum atomic E-state index is -3.81.